The molecule has 0 atom stereocenters. The van der Waals surface area contributed by atoms with Crippen molar-refractivity contribution >= 4 is 10.9 Å². The summed E-state index contributed by atoms with van der Waals surface area (Å²) >= 11 is 0. The molecule has 0 fully saturated rings. The zero-order valence-electron chi connectivity index (χ0n) is 14.1. The van der Waals surface area contributed by atoms with Crippen molar-refractivity contribution in [3.05, 3.63) is 29.5 Å². The average Bonchev–Trinajstić information content (AvgIpc) is 2.77. The third kappa shape index (κ3) is 4.94. The van der Waals surface area contributed by atoms with Gasteiger partial charge in [0, 0.05) is 11.9 Å². The van der Waals surface area contributed by atoms with Crippen LogP contribution in [-0.2, 0) is 6.54 Å². The fourth-order valence-electron chi connectivity index (χ4n) is 1.92. The van der Waals surface area contributed by atoms with E-state index in [1.165, 1.54) is 23.5 Å². The van der Waals surface area contributed by atoms with Crippen LogP contribution in [-0.4, -0.2) is 42.4 Å². The van der Waals surface area contributed by atoms with Crippen LogP contribution >= 0.6 is 0 Å². The Bertz CT molecular complexity index is 500. The molecule has 0 aliphatic rings. The Morgan fingerprint density at radius 2 is 1.75 bits per heavy atom. The maximum Gasteiger partial charge on any atom is 0.0688 e. The van der Waals surface area contributed by atoms with Crippen molar-refractivity contribution in [2.24, 2.45) is 5.73 Å². The Hall–Kier alpha value is -1.39. The van der Waals surface area contributed by atoms with E-state index in [9.17, 15) is 0 Å². The summed E-state index contributed by atoms with van der Waals surface area (Å²) in [6.45, 7) is 10.2. The highest BCUT2D eigenvalue weighted by atomic mass is 15.3. The van der Waals surface area contributed by atoms with Crippen LogP contribution in [0.15, 0.2) is 18.2 Å². The molecule has 4 heteroatoms. The lowest BCUT2D eigenvalue weighted by Gasteiger charge is -2.10. The normalized spacial score (nSPS) is 9.85. The van der Waals surface area contributed by atoms with E-state index < -0.39 is 0 Å². The molecule has 0 aliphatic carbocycles. The fourth-order valence-corrected chi connectivity index (χ4v) is 1.92. The lowest BCUT2D eigenvalue weighted by Crippen LogP contribution is -2.19. The molecule has 0 bridgehead atoms. The summed E-state index contributed by atoms with van der Waals surface area (Å²) in [6, 6.07) is 6.53. The van der Waals surface area contributed by atoms with E-state index in [2.05, 4.69) is 66.6 Å². The molecule has 1 heterocycles. The second kappa shape index (κ2) is 9.50. The van der Waals surface area contributed by atoms with Crippen molar-refractivity contribution in [3.63, 3.8) is 0 Å². The molecule has 2 rings (SSSR count). The van der Waals surface area contributed by atoms with Crippen LogP contribution < -0.4 is 5.73 Å². The smallest absolute Gasteiger partial charge is 0.0688 e. The van der Waals surface area contributed by atoms with Gasteiger partial charge in [-0.05, 0) is 46.6 Å². The lowest BCUT2D eigenvalue weighted by atomic mass is 10.1. The highest BCUT2D eigenvalue weighted by Gasteiger charge is 2.06. The number of aryl methyl sites for hydroxylation is 2. The lowest BCUT2D eigenvalue weighted by molar-refractivity contribution is 0.376. The zero-order chi connectivity index (χ0) is 15.7. The third-order valence-corrected chi connectivity index (χ3v) is 2.85. The molecule has 1 aromatic heterocycles. The minimum absolute atomic E-state index is 0.945. The summed E-state index contributed by atoms with van der Waals surface area (Å²) in [5, 5.41) is 5.86. The van der Waals surface area contributed by atoms with E-state index >= 15 is 0 Å². The first kappa shape index (κ1) is 18.6. The highest BCUT2D eigenvalue weighted by molar-refractivity contribution is 5.82. The van der Waals surface area contributed by atoms with Crippen molar-refractivity contribution in [2.45, 2.75) is 34.2 Å². The summed E-state index contributed by atoms with van der Waals surface area (Å²) in [7, 11) is 5.67. The van der Waals surface area contributed by atoms with Crippen LogP contribution in [0.4, 0.5) is 0 Å². The topological polar surface area (TPSA) is 47.1 Å². The van der Waals surface area contributed by atoms with Gasteiger partial charge in [0.1, 0.15) is 0 Å². The number of hydrogen-bond donors (Lipinski definition) is 1. The van der Waals surface area contributed by atoms with Crippen LogP contribution in [0.3, 0.4) is 0 Å². The molecular formula is C16H30N4. The summed E-state index contributed by atoms with van der Waals surface area (Å²) in [6.07, 6.45) is 0. The molecule has 0 saturated carbocycles. The number of rotatable bonds is 3. The van der Waals surface area contributed by atoms with Gasteiger partial charge in [-0.1, -0.05) is 26.0 Å². The zero-order valence-corrected chi connectivity index (χ0v) is 14.1. The van der Waals surface area contributed by atoms with E-state index in [1.54, 1.807) is 0 Å². The van der Waals surface area contributed by atoms with Gasteiger partial charge in [0.05, 0.1) is 17.8 Å². The van der Waals surface area contributed by atoms with E-state index in [-0.39, 0.29) is 0 Å². The molecule has 2 aromatic rings. The molecule has 0 saturated heterocycles. The van der Waals surface area contributed by atoms with Gasteiger partial charge in [-0.25, -0.2) is 0 Å². The molecule has 4 nitrogen and oxygen atoms in total. The van der Waals surface area contributed by atoms with E-state index in [0.717, 1.165) is 18.8 Å². The standard InChI is InChI=1S/C13H19N3.C2H6.CH5N/c1-10-5-6-12-11(2)14-16(13(12)9-10)8-7-15(3)4;2*1-2/h5-6,9H,7-8H2,1-4H3;1-2H3;2H2,1H3. The Morgan fingerprint density at radius 1 is 1.15 bits per heavy atom. The van der Waals surface area contributed by atoms with Crippen LogP contribution in [0, 0.1) is 13.8 Å². The number of nitrogens with two attached hydrogens (primary N) is 1. The molecule has 20 heavy (non-hydrogen) atoms. The maximum absolute atomic E-state index is 4.59. The monoisotopic (exact) mass is 278 g/mol. The van der Waals surface area contributed by atoms with Gasteiger partial charge >= 0.3 is 0 Å². The van der Waals surface area contributed by atoms with Gasteiger partial charge in [-0.2, -0.15) is 5.10 Å². The first-order valence-electron chi connectivity index (χ1n) is 7.24. The second-order valence-corrected chi connectivity index (χ2v) is 4.63. The number of benzene rings is 1. The summed E-state index contributed by atoms with van der Waals surface area (Å²) in [5.41, 5.74) is 8.16. The predicted octanol–water partition coefficient (Wildman–Crippen LogP) is 2.82. The van der Waals surface area contributed by atoms with Crippen molar-refractivity contribution < 1.29 is 0 Å². The molecule has 0 spiro atoms. The van der Waals surface area contributed by atoms with Crippen LogP contribution in [0.25, 0.3) is 10.9 Å². The molecular weight excluding hydrogens is 248 g/mol. The van der Waals surface area contributed by atoms with Gasteiger partial charge in [-0.3, -0.25) is 4.68 Å². The molecule has 0 aliphatic heterocycles. The minimum Gasteiger partial charge on any atom is -0.333 e. The van der Waals surface area contributed by atoms with Gasteiger partial charge in [0.15, 0.2) is 0 Å². The SMILES string of the molecule is CC.CN.Cc1ccc2c(C)nn(CCN(C)C)c2c1. The number of aromatic nitrogens is 2. The molecule has 2 N–H and O–H groups in total. The molecule has 0 amide bonds. The number of hydrogen-bond acceptors (Lipinski definition) is 3. The summed E-state index contributed by atoms with van der Waals surface area (Å²) in [4.78, 5) is 2.18. The van der Waals surface area contributed by atoms with Gasteiger partial charge < -0.3 is 10.6 Å². The number of nitrogens with zero attached hydrogens (tertiary/aromatic N) is 3. The predicted molar refractivity (Wildman–Crippen MR) is 89.2 cm³/mol. The Balaban J connectivity index is 0.000000829. The number of fused-ring (bicyclic) bond motifs is 1. The van der Waals surface area contributed by atoms with Crippen molar-refractivity contribution in [2.75, 3.05) is 27.7 Å². The van der Waals surface area contributed by atoms with E-state index in [0.29, 0.717) is 0 Å². The average molecular weight is 278 g/mol. The van der Waals surface area contributed by atoms with Crippen molar-refractivity contribution in [1.29, 1.82) is 0 Å². The maximum atomic E-state index is 4.59. The van der Waals surface area contributed by atoms with E-state index in [4.69, 9.17) is 0 Å². The summed E-state index contributed by atoms with van der Waals surface area (Å²) < 4.78 is 2.11. The molecule has 0 radical (unpaired) electrons. The minimum atomic E-state index is 0.945. The van der Waals surface area contributed by atoms with Crippen LogP contribution in [0.5, 0.6) is 0 Å². The van der Waals surface area contributed by atoms with Gasteiger partial charge in [-0.15, -0.1) is 0 Å². The first-order chi connectivity index (χ1) is 9.58. The molecule has 1 aromatic carbocycles. The Morgan fingerprint density at radius 3 is 2.30 bits per heavy atom. The summed E-state index contributed by atoms with van der Waals surface area (Å²) in [5.74, 6) is 0. The second-order valence-electron chi connectivity index (χ2n) is 4.63. The number of likely N-dealkylation sites (N-methyl/N-ethyl adjacent to an activating group) is 1. The molecule has 114 valence electrons. The van der Waals surface area contributed by atoms with Crippen LogP contribution in [0.2, 0.25) is 0 Å². The molecule has 0 unspecified atom stereocenters. The van der Waals surface area contributed by atoms with Crippen molar-refractivity contribution in [3.8, 4) is 0 Å². The largest absolute Gasteiger partial charge is 0.333 e. The van der Waals surface area contributed by atoms with Crippen molar-refractivity contribution in [1.82, 2.24) is 14.7 Å². The quantitative estimate of drug-likeness (QED) is 0.939. The van der Waals surface area contributed by atoms with Crippen LogP contribution in [0.1, 0.15) is 25.1 Å². The van der Waals surface area contributed by atoms with Gasteiger partial charge in [0.25, 0.3) is 0 Å². The fraction of sp³-hybridized carbons (Fsp3) is 0.562. The van der Waals surface area contributed by atoms with Gasteiger partial charge in [0.2, 0.25) is 0 Å². The highest BCUT2D eigenvalue weighted by Crippen LogP contribution is 2.19. The Kier molecular flexibility index (Phi) is 8.84. The third-order valence-electron chi connectivity index (χ3n) is 2.85. The first-order valence-corrected chi connectivity index (χ1v) is 7.24. The Labute approximate surface area is 123 Å². The van der Waals surface area contributed by atoms with E-state index in [1.807, 2.05) is 13.8 Å².